The number of hydrogen-bond acceptors (Lipinski definition) is 5. The lowest BCUT2D eigenvalue weighted by atomic mass is 10.2. The van der Waals surface area contributed by atoms with E-state index < -0.39 is 0 Å². The number of benzene rings is 2. The quantitative estimate of drug-likeness (QED) is 0.371. The zero-order chi connectivity index (χ0) is 18.1. The van der Waals surface area contributed by atoms with Crippen LogP contribution in [0.4, 0.5) is 5.95 Å². The topological polar surface area (TPSA) is 72.2 Å². The van der Waals surface area contributed by atoms with E-state index in [1.54, 1.807) is 4.40 Å². The van der Waals surface area contributed by atoms with Crippen molar-refractivity contribution in [1.82, 2.24) is 19.6 Å². The summed E-state index contributed by atoms with van der Waals surface area (Å²) >= 11 is 10.5. The molecule has 2 aromatic heterocycles. The Morgan fingerprint density at radius 2 is 1.92 bits per heavy atom. The molecule has 0 bridgehead atoms. The molecule has 1 amide bonds. The van der Waals surface area contributed by atoms with Crippen LogP contribution in [-0.4, -0.2) is 31.4 Å². The number of amides is 1. The molecule has 4 aromatic rings. The lowest BCUT2D eigenvalue weighted by molar-refractivity contribution is -0.114. The molecule has 0 aliphatic heterocycles. The van der Waals surface area contributed by atoms with Gasteiger partial charge < -0.3 is 0 Å². The number of fused-ring (bicyclic) bond motifs is 3. The zero-order valence-electron chi connectivity index (χ0n) is 13.2. The van der Waals surface area contributed by atoms with E-state index in [0.29, 0.717) is 16.8 Å². The standard InChI is InChI=1S/C17H11BrClN5OS/c18-10-5-7-11(8-6-10)26-17-20-13-4-2-1-3-12(13)15-22-23-16(24(15)17)21-14(25)9-19/h1-8H,9H2,(H,21,23,25). The van der Waals surface area contributed by atoms with Crippen molar-refractivity contribution in [2.75, 3.05) is 11.2 Å². The Kier molecular flexibility index (Phi) is 4.80. The molecule has 2 aromatic carbocycles. The summed E-state index contributed by atoms with van der Waals surface area (Å²) in [6.07, 6.45) is 0. The van der Waals surface area contributed by atoms with E-state index in [1.165, 1.54) is 11.8 Å². The van der Waals surface area contributed by atoms with Gasteiger partial charge in [0.25, 0.3) is 0 Å². The largest absolute Gasteiger partial charge is 0.293 e. The lowest BCUT2D eigenvalue weighted by Crippen LogP contribution is -2.15. The fourth-order valence-electron chi connectivity index (χ4n) is 2.47. The van der Waals surface area contributed by atoms with Crippen LogP contribution in [0.15, 0.2) is 63.1 Å². The second kappa shape index (κ2) is 7.22. The molecule has 0 atom stereocenters. The van der Waals surface area contributed by atoms with Crippen LogP contribution in [0.5, 0.6) is 0 Å². The van der Waals surface area contributed by atoms with Crippen LogP contribution in [0.3, 0.4) is 0 Å². The summed E-state index contributed by atoms with van der Waals surface area (Å²) in [6, 6.07) is 15.6. The summed E-state index contributed by atoms with van der Waals surface area (Å²) in [5.74, 6) is -0.220. The van der Waals surface area contributed by atoms with Gasteiger partial charge in [-0.25, -0.2) is 9.38 Å². The minimum absolute atomic E-state index is 0.162. The highest BCUT2D eigenvalue weighted by atomic mass is 79.9. The molecule has 0 aliphatic carbocycles. The molecule has 4 rings (SSSR count). The number of hydrogen-bond donors (Lipinski definition) is 1. The van der Waals surface area contributed by atoms with Gasteiger partial charge in [0.1, 0.15) is 5.88 Å². The number of aromatic nitrogens is 4. The number of para-hydroxylation sites is 1. The summed E-state index contributed by atoms with van der Waals surface area (Å²) in [4.78, 5) is 17.5. The first-order chi connectivity index (χ1) is 12.7. The number of alkyl halides is 1. The Bertz CT molecular complexity index is 1120. The molecular weight excluding hydrogens is 438 g/mol. The van der Waals surface area contributed by atoms with Gasteiger partial charge in [-0.15, -0.1) is 21.8 Å². The predicted octanol–water partition coefficient (Wildman–Crippen LogP) is 4.37. The molecule has 0 aliphatic rings. The third kappa shape index (κ3) is 3.27. The maximum Gasteiger partial charge on any atom is 0.241 e. The van der Waals surface area contributed by atoms with Crippen molar-refractivity contribution >= 4 is 67.7 Å². The van der Waals surface area contributed by atoms with Gasteiger partial charge in [-0.1, -0.05) is 39.8 Å². The first-order valence-corrected chi connectivity index (χ1v) is 9.73. The van der Waals surface area contributed by atoms with E-state index in [9.17, 15) is 4.79 Å². The number of carbonyl (C=O) groups is 1. The molecule has 0 unspecified atom stereocenters. The van der Waals surface area contributed by atoms with Crippen LogP contribution in [0, 0.1) is 0 Å². The first kappa shape index (κ1) is 17.3. The second-order valence-corrected chi connectivity index (χ2v) is 7.56. The molecule has 9 heteroatoms. The van der Waals surface area contributed by atoms with Crippen molar-refractivity contribution in [2.45, 2.75) is 10.1 Å². The summed E-state index contributed by atoms with van der Waals surface area (Å²) in [7, 11) is 0. The Balaban J connectivity index is 1.91. The van der Waals surface area contributed by atoms with E-state index in [1.807, 2.05) is 48.5 Å². The van der Waals surface area contributed by atoms with Gasteiger partial charge in [-0.2, -0.15) is 0 Å². The highest BCUT2D eigenvalue weighted by Crippen LogP contribution is 2.31. The fraction of sp³-hybridized carbons (Fsp3) is 0.0588. The third-order valence-electron chi connectivity index (χ3n) is 3.61. The molecular formula is C17H11BrClN5OS. The highest BCUT2D eigenvalue weighted by Gasteiger charge is 2.17. The molecule has 0 spiro atoms. The van der Waals surface area contributed by atoms with E-state index in [0.717, 1.165) is 20.3 Å². The molecule has 6 nitrogen and oxygen atoms in total. The Morgan fingerprint density at radius 1 is 1.15 bits per heavy atom. The predicted molar refractivity (Wildman–Crippen MR) is 106 cm³/mol. The van der Waals surface area contributed by atoms with Crippen LogP contribution < -0.4 is 5.32 Å². The normalized spacial score (nSPS) is 11.2. The minimum atomic E-state index is -0.353. The molecule has 0 fully saturated rings. The highest BCUT2D eigenvalue weighted by molar-refractivity contribution is 9.10. The fourth-order valence-corrected chi connectivity index (χ4v) is 3.69. The Labute approximate surface area is 166 Å². The van der Waals surface area contributed by atoms with Crippen molar-refractivity contribution in [1.29, 1.82) is 0 Å². The van der Waals surface area contributed by atoms with Crippen molar-refractivity contribution in [2.24, 2.45) is 0 Å². The number of nitrogens with one attached hydrogen (secondary N) is 1. The van der Waals surface area contributed by atoms with Gasteiger partial charge in [0.2, 0.25) is 11.9 Å². The van der Waals surface area contributed by atoms with E-state index >= 15 is 0 Å². The molecule has 0 saturated heterocycles. The first-order valence-electron chi connectivity index (χ1n) is 7.59. The maximum absolute atomic E-state index is 11.7. The molecule has 2 heterocycles. The lowest BCUT2D eigenvalue weighted by Gasteiger charge is -2.09. The molecule has 26 heavy (non-hydrogen) atoms. The number of nitrogens with zero attached hydrogens (tertiary/aromatic N) is 4. The number of carbonyl (C=O) groups excluding carboxylic acids is 1. The SMILES string of the molecule is O=C(CCl)Nc1nnc2c3ccccc3nc(Sc3ccc(Br)cc3)n12. The van der Waals surface area contributed by atoms with Crippen molar-refractivity contribution in [3.05, 3.63) is 53.0 Å². The summed E-state index contributed by atoms with van der Waals surface area (Å²) < 4.78 is 2.73. The van der Waals surface area contributed by atoms with Crippen LogP contribution in [0.2, 0.25) is 0 Å². The van der Waals surface area contributed by atoms with Gasteiger partial charge in [0.05, 0.1) is 5.52 Å². The Morgan fingerprint density at radius 3 is 2.69 bits per heavy atom. The van der Waals surface area contributed by atoms with Crippen LogP contribution in [0.25, 0.3) is 16.6 Å². The smallest absolute Gasteiger partial charge is 0.241 e. The monoisotopic (exact) mass is 447 g/mol. The van der Waals surface area contributed by atoms with Crippen molar-refractivity contribution in [3.8, 4) is 0 Å². The molecule has 0 radical (unpaired) electrons. The van der Waals surface area contributed by atoms with Crippen molar-refractivity contribution in [3.63, 3.8) is 0 Å². The Hall–Kier alpha value is -2.16. The minimum Gasteiger partial charge on any atom is -0.293 e. The number of rotatable bonds is 4. The van der Waals surface area contributed by atoms with Crippen LogP contribution >= 0.6 is 39.3 Å². The maximum atomic E-state index is 11.7. The van der Waals surface area contributed by atoms with Gasteiger partial charge in [0, 0.05) is 14.8 Å². The average molecular weight is 449 g/mol. The van der Waals surface area contributed by atoms with Crippen molar-refractivity contribution < 1.29 is 4.79 Å². The summed E-state index contributed by atoms with van der Waals surface area (Å²) in [5.41, 5.74) is 1.43. The third-order valence-corrected chi connectivity index (χ3v) is 5.35. The second-order valence-electron chi connectivity index (χ2n) is 5.33. The van der Waals surface area contributed by atoms with Gasteiger partial charge >= 0.3 is 0 Å². The van der Waals surface area contributed by atoms with E-state index in [-0.39, 0.29) is 11.8 Å². The van der Waals surface area contributed by atoms with E-state index in [2.05, 4.69) is 31.4 Å². The van der Waals surface area contributed by atoms with Gasteiger partial charge in [0.15, 0.2) is 10.8 Å². The van der Waals surface area contributed by atoms with Gasteiger partial charge in [-0.05, 0) is 36.4 Å². The summed E-state index contributed by atoms with van der Waals surface area (Å²) in [6.45, 7) is 0. The van der Waals surface area contributed by atoms with Gasteiger partial charge in [-0.3, -0.25) is 10.1 Å². The van der Waals surface area contributed by atoms with E-state index in [4.69, 9.17) is 16.6 Å². The average Bonchev–Trinajstić information content (AvgIpc) is 3.08. The van der Waals surface area contributed by atoms with Crippen LogP contribution in [0.1, 0.15) is 0 Å². The molecule has 130 valence electrons. The number of halogens is 2. The number of anilines is 1. The molecule has 0 saturated carbocycles. The summed E-state index contributed by atoms with van der Waals surface area (Å²) in [5, 5.41) is 12.5. The molecule has 1 N–H and O–H groups in total. The zero-order valence-corrected chi connectivity index (χ0v) is 16.3. The van der Waals surface area contributed by atoms with Crippen LogP contribution in [-0.2, 0) is 4.79 Å².